The van der Waals surface area contributed by atoms with E-state index < -0.39 is 5.91 Å². The van der Waals surface area contributed by atoms with Gasteiger partial charge in [-0.05, 0) is 43.5 Å². The quantitative estimate of drug-likeness (QED) is 0.495. The van der Waals surface area contributed by atoms with Gasteiger partial charge in [0.1, 0.15) is 10.9 Å². The van der Waals surface area contributed by atoms with Gasteiger partial charge in [-0.1, -0.05) is 11.6 Å². The average Bonchev–Trinajstić information content (AvgIpc) is 2.69. The number of nitrogens with one attached hydrogen (secondary N) is 1. The minimum absolute atomic E-state index is 0.142. The zero-order valence-electron chi connectivity index (χ0n) is 14.6. The van der Waals surface area contributed by atoms with Gasteiger partial charge in [-0.2, -0.15) is 5.10 Å². The van der Waals surface area contributed by atoms with E-state index in [4.69, 9.17) is 16.3 Å². The highest BCUT2D eigenvalue weighted by Crippen LogP contribution is 2.26. The number of amides is 1. The van der Waals surface area contributed by atoms with E-state index >= 15 is 0 Å². The number of ether oxygens (including phenoxy) is 1. The number of nitrogens with zero attached hydrogens (tertiary/aromatic N) is 3. The van der Waals surface area contributed by atoms with Crippen LogP contribution in [-0.2, 0) is 0 Å². The normalized spacial score (nSPS) is 14.5. The number of methoxy groups -OCH3 is 1. The maximum atomic E-state index is 12.1. The van der Waals surface area contributed by atoms with Crippen LogP contribution in [0.25, 0.3) is 0 Å². The number of anilines is 1. The minimum Gasteiger partial charge on any atom is -0.496 e. The maximum Gasteiger partial charge on any atom is 0.274 e. The minimum atomic E-state index is -0.414. The predicted molar refractivity (Wildman–Crippen MR) is 103 cm³/mol. The Kier molecular flexibility index (Phi) is 6.07. The van der Waals surface area contributed by atoms with Crippen LogP contribution in [-0.4, -0.2) is 37.3 Å². The van der Waals surface area contributed by atoms with Gasteiger partial charge in [0.25, 0.3) is 5.91 Å². The van der Waals surface area contributed by atoms with E-state index in [-0.39, 0.29) is 10.7 Å². The number of rotatable bonds is 5. The molecule has 1 aliphatic rings. The Morgan fingerprint density at radius 1 is 1.31 bits per heavy atom. The summed E-state index contributed by atoms with van der Waals surface area (Å²) in [6.45, 7) is 2.14. The fourth-order valence-corrected chi connectivity index (χ4v) is 3.14. The monoisotopic (exact) mass is 372 g/mol. The molecule has 1 aromatic carbocycles. The van der Waals surface area contributed by atoms with E-state index in [1.807, 2.05) is 12.1 Å². The summed E-state index contributed by atoms with van der Waals surface area (Å²) in [6, 6.07) is 9.23. The lowest BCUT2D eigenvalue weighted by Gasteiger charge is -2.29. The summed E-state index contributed by atoms with van der Waals surface area (Å²) in [5, 5.41) is 4.15. The zero-order valence-corrected chi connectivity index (χ0v) is 15.4. The van der Waals surface area contributed by atoms with E-state index in [2.05, 4.69) is 26.5 Å². The molecule has 0 saturated carbocycles. The molecule has 0 spiro atoms. The summed E-state index contributed by atoms with van der Waals surface area (Å²) in [6.07, 6.45) is 6.81. The molecule has 0 bridgehead atoms. The van der Waals surface area contributed by atoms with Crippen LogP contribution in [0.15, 0.2) is 41.6 Å². The van der Waals surface area contributed by atoms with Gasteiger partial charge in [0.2, 0.25) is 0 Å². The van der Waals surface area contributed by atoms with Crippen molar-refractivity contribution in [3.8, 4) is 5.75 Å². The molecule has 1 saturated heterocycles. The van der Waals surface area contributed by atoms with Crippen LogP contribution in [0.1, 0.15) is 35.2 Å². The molecule has 3 rings (SSSR count). The van der Waals surface area contributed by atoms with Crippen LogP contribution in [0.2, 0.25) is 5.15 Å². The molecule has 1 fully saturated rings. The summed E-state index contributed by atoms with van der Waals surface area (Å²) in [7, 11) is 1.63. The molecule has 0 radical (unpaired) electrons. The summed E-state index contributed by atoms with van der Waals surface area (Å²) < 4.78 is 5.48. The second kappa shape index (κ2) is 8.67. The first-order valence-electron chi connectivity index (χ1n) is 8.56. The second-order valence-corrected chi connectivity index (χ2v) is 6.37. The fourth-order valence-electron chi connectivity index (χ4n) is 2.93. The van der Waals surface area contributed by atoms with Gasteiger partial charge >= 0.3 is 0 Å². The number of pyridine rings is 1. The van der Waals surface area contributed by atoms with Crippen LogP contribution in [0, 0.1) is 0 Å². The number of benzene rings is 1. The van der Waals surface area contributed by atoms with Crippen LogP contribution in [0.3, 0.4) is 0 Å². The van der Waals surface area contributed by atoms with Crippen LogP contribution in [0.5, 0.6) is 5.75 Å². The number of hydrogen-bond acceptors (Lipinski definition) is 5. The van der Waals surface area contributed by atoms with Crippen molar-refractivity contribution < 1.29 is 9.53 Å². The highest BCUT2D eigenvalue weighted by atomic mass is 35.5. The van der Waals surface area contributed by atoms with Crippen molar-refractivity contribution in [2.75, 3.05) is 25.1 Å². The maximum absolute atomic E-state index is 12.1. The summed E-state index contributed by atoms with van der Waals surface area (Å²) in [4.78, 5) is 18.3. The molecule has 1 aliphatic heterocycles. The zero-order chi connectivity index (χ0) is 18.4. The smallest absolute Gasteiger partial charge is 0.274 e. The van der Waals surface area contributed by atoms with Crippen LogP contribution >= 0.6 is 11.6 Å². The molecule has 2 heterocycles. The molecule has 1 amide bonds. The number of aromatic nitrogens is 1. The second-order valence-electron chi connectivity index (χ2n) is 6.01. The largest absolute Gasteiger partial charge is 0.496 e. The molecule has 136 valence electrons. The van der Waals surface area contributed by atoms with Gasteiger partial charge < -0.3 is 9.64 Å². The third-order valence-corrected chi connectivity index (χ3v) is 4.61. The summed E-state index contributed by atoms with van der Waals surface area (Å²) >= 11 is 5.91. The number of piperidine rings is 1. The predicted octanol–water partition coefficient (Wildman–Crippen LogP) is 3.50. The van der Waals surface area contributed by atoms with Crippen molar-refractivity contribution in [3.05, 3.63) is 52.8 Å². The Balaban J connectivity index is 1.69. The van der Waals surface area contributed by atoms with Crippen molar-refractivity contribution in [1.82, 2.24) is 10.4 Å². The molecule has 0 unspecified atom stereocenters. The molecule has 1 aromatic heterocycles. The van der Waals surface area contributed by atoms with Gasteiger partial charge in [-0.3, -0.25) is 4.79 Å². The summed E-state index contributed by atoms with van der Waals surface area (Å²) in [5.74, 6) is 0.300. The van der Waals surface area contributed by atoms with E-state index in [0.29, 0.717) is 5.75 Å². The average molecular weight is 373 g/mol. The number of halogens is 1. The molecule has 2 aromatic rings. The van der Waals surface area contributed by atoms with Gasteiger partial charge in [0, 0.05) is 36.6 Å². The molecule has 0 atom stereocenters. The third-order valence-electron chi connectivity index (χ3n) is 4.31. The first-order valence-corrected chi connectivity index (χ1v) is 8.94. The number of carbonyl (C=O) groups excluding carboxylic acids is 1. The van der Waals surface area contributed by atoms with Gasteiger partial charge in [0.05, 0.1) is 18.9 Å². The highest BCUT2D eigenvalue weighted by molar-refractivity contribution is 6.32. The SMILES string of the molecule is COc1cc(N2CCCCC2)ccc1C=NNC(=O)c1cccnc1Cl. The Morgan fingerprint density at radius 3 is 2.85 bits per heavy atom. The Morgan fingerprint density at radius 2 is 2.12 bits per heavy atom. The first kappa shape index (κ1) is 18.2. The molecule has 6 nitrogen and oxygen atoms in total. The van der Waals surface area contributed by atoms with Gasteiger partial charge in [-0.15, -0.1) is 0 Å². The van der Waals surface area contributed by atoms with Crippen molar-refractivity contribution in [2.45, 2.75) is 19.3 Å². The number of hydrazone groups is 1. The topological polar surface area (TPSA) is 66.8 Å². The van der Waals surface area contributed by atoms with E-state index in [1.54, 1.807) is 25.5 Å². The Labute approximate surface area is 157 Å². The van der Waals surface area contributed by atoms with E-state index in [9.17, 15) is 4.79 Å². The first-order chi connectivity index (χ1) is 12.7. The van der Waals surface area contributed by atoms with Crippen molar-refractivity contribution in [2.24, 2.45) is 5.10 Å². The number of hydrogen-bond donors (Lipinski definition) is 1. The molecule has 0 aliphatic carbocycles. The van der Waals surface area contributed by atoms with Crippen molar-refractivity contribution >= 4 is 29.4 Å². The lowest BCUT2D eigenvalue weighted by molar-refractivity contribution is 0.0955. The molecular weight excluding hydrogens is 352 g/mol. The van der Waals surface area contributed by atoms with E-state index in [0.717, 1.165) is 24.3 Å². The van der Waals surface area contributed by atoms with Crippen LogP contribution < -0.4 is 15.1 Å². The Hall–Kier alpha value is -2.60. The fraction of sp³-hybridized carbons (Fsp3) is 0.316. The molecule has 26 heavy (non-hydrogen) atoms. The van der Waals surface area contributed by atoms with Crippen molar-refractivity contribution in [1.29, 1.82) is 0 Å². The van der Waals surface area contributed by atoms with Gasteiger partial charge in [-0.25, -0.2) is 10.4 Å². The lowest BCUT2D eigenvalue weighted by atomic mass is 10.1. The standard InChI is InChI=1S/C19H21ClN4O2/c1-26-17-12-15(24-10-3-2-4-11-24)8-7-14(17)13-22-23-19(25)16-6-5-9-21-18(16)20/h5-9,12-13H,2-4,10-11H2,1H3,(H,23,25). The molecular formula is C19H21ClN4O2. The Bertz CT molecular complexity index is 804. The van der Waals surface area contributed by atoms with E-state index in [1.165, 1.54) is 25.5 Å². The summed E-state index contributed by atoms with van der Waals surface area (Å²) in [5.41, 5.74) is 4.66. The number of carbonyl (C=O) groups is 1. The lowest BCUT2D eigenvalue weighted by Crippen LogP contribution is -2.29. The van der Waals surface area contributed by atoms with Gasteiger partial charge in [0.15, 0.2) is 0 Å². The van der Waals surface area contributed by atoms with Crippen LogP contribution in [0.4, 0.5) is 5.69 Å². The van der Waals surface area contributed by atoms with Crippen molar-refractivity contribution in [3.63, 3.8) is 0 Å². The third kappa shape index (κ3) is 4.32. The molecule has 1 N–H and O–H groups in total. The highest BCUT2D eigenvalue weighted by Gasteiger charge is 2.13. The molecule has 7 heteroatoms.